The van der Waals surface area contributed by atoms with E-state index >= 15 is 0 Å². The summed E-state index contributed by atoms with van der Waals surface area (Å²) in [6.07, 6.45) is 12.1. The zero-order valence-corrected chi connectivity index (χ0v) is 78.9. The SMILES string of the molecule is CC1(C)Cc2cc(F)cc(C=Cc3ccc(OCc4ccccc4)cc3)c2O1.CC1(C)Cc2cc(F)cc(CCc3ccc(O)cc3)c2O1.CC1(C)Cc2cc(F)cc(CCl)c2O1.CC1(C)Cc2cc(F)cc(C[P+](c3ccccc3)(c3ccccc3)c3ccccc3)c2O1.Cc1ccc(C=O)cc1.Cl.[CH2-]CCC.[HH].[Li+].c1ccc(P(c2ccccc2)c2ccccc2)cc1. The van der Waals surface area contributed by atoms with E-state index in [1.54, 1.807) is 42.5 Å². The third-order valence-corrected chi connectivity index (χ3v) is 28.8. The van der Waals surface area contributed by atoms with Crippen LogP contribution in [0.2, 0.25) is 0 Å². The molecule has 0 amide bonds. The molecule has 0 saturated carbocycles. The molecule has 4 heterocycles. The van der Waals surface area contributed by atoms with Crippen molar-refractivity contribution in [1.82, 2.24) is 0 Å². The second-order valence-electron chi connectivity index (χ2n) is 34.5. The normalized spacial score (nSPS) is 13.7. The molecule has 0 aromatic heterocycles. The van der Waals surface area contributed by atoms with E-state index in [0.717, 1.165) is 140 Å². The predicted octanol–water partition coefficient (Wildman–Crippen LogP) is 24.2. The van der Waals surface area contributed by atoms with Gasteiger partial charge in [-0.05, 0) is 230 Å². The molecular formula is C113H116Cl2F4LiO7P2+. The molecule has 0 fully saturated rings. The van der Waals surface area contributed by atoms with Crippen LogP contribution in [0.5, 0.6) is 34.5 Å². The first-order valence-corrected chi connectivity index (χ1v) is 47.1. The van der Waals surface area contributed by atoms with E-state index in [-0.39, 0.29) is 90.0 Å². The number of halogens is 6. The van der Waals surface area contributed by atoms with E-state index in [9.17, 15) is 27.5 Å². The van der Waals surface area contributed by atoms with Crippen LogP contribution in [0.25, 0.3) is 12.2 Å². The topological polar surface area (TPSA) is 83.5 Å². The van der Waals surface area contributed by atoms with Gasteiger partial charge in [0.15, 0.2) is 0 Å². The van der Waals surface area contributed by atoms with E-state index in [1.807, 2.05) is 152 Å². The number of phenolic OH excluding ortho intramolecular Hbond substituents is 1. The average molecular weight is 1800 g/mol. The number of aldehydes is 1. The van der Waals surface area contributed by atoms with Crippen molar-refractivity contribution in [2.45, 2.75) is 162 Å². The minimum absolute atomic E-state index is 0. The minimum Gasteiger partial charge on any atom is -0.508 e. The molecule has 0 radical (unpaired) electrons. The van der Waals surface area contributed by atoms with Crippen LogP contribution < -0.4 is 74.4 Å². The summed E-state index contributed by atoms with van der Waals surface area (Å²) in [7, 11) is -2.56. The Bertz CT molecular complexity index is 5720. The number of rotatable bonds is 19. The van der Waals surface area contributed by atoms with Crippen molar-refractivity contribution in [3.05, 3.63) is 436 Å². The number of alkyl halides is 1. The zero-order chi connectivity index (χ0) is 90.1. The fourth-order valence-electron chi connectivity index (χ4n) is 15.9. The second kappa shape index (κ2) is 47.0. The van der Waals surface area contributed by atoms with Crippen molar-refractivity contribution >= 4 is 89.5 Å². The quantitative estimate of drug-likeness (QED) is 0.0164. The summed E-state index contributed by atoms with van der Waals surface area (Å²) in [5, 5.41) is 17.3. The summed E-state index contributed by atoms with van der Waals surface area (Å²) in [6, 6.07) is 109. The fraction of sp³-hybridized carbons (Fsp3) is 0.221. The Balaban J connectivity index is 0.000000179. The van der Waals surface area contributed by atoms with Gasteiger partial charge in [-0.25, -0.2) is 17.6 Å². The van der Waals surface area contributed by atoms with E-state index in [0.29, 0.717) is 19.2 Å². The standard InChI is InChI=1S/C29H27FOP.C25H23FO2.C18H19FO2.C18H15P.C11H12ClFO.C8H8O.C4H9.ClH.Li.H2/c1-29(2)20-22-18-24(30)19-23(28(22)31-29)21-32(25-12-6-3-7-13-25,26-14-8-4-9-15-26)27-16-10-5-11-17-27;1-25(2)16-21-15-22(26)14-20(24(21)28-25)11-8-18-9-12-23(13-10-18)27-17-19-6-4-3-5-7-19;1-18(2)11-14-10-15(19)9-13(17(14)21-18)6-3-12-4-7-16(20)8-5-12;1-4-10-16(11-5-1)19(17-12-6-2-7-13-17)18-14-8-3-9-15-18;1-11(2)5-7-3-9(13)4-8(6-12)10(7)14-11;1-7-2-4-8(6-9)5-3-7;1-3-4-2;;;/h3-19H,20-21H2,1-2H3;3-15H,16-17H2,1-2H3;4-5,7-10,20H,3,6,11H2,1-2H3;1-15H;3-4H,5-6H2,1-2H3;2-6H,1H3;1,3-4H2,2H3;1H;;1H/q+1;;;;;;-1;;+1;. The van der Waals surface area contributed by atoms with Gasteiger partial charge in [-0.3, -0.25) is 4.79 Å². The van der Waals surface area contributed by atoms with E-state index < -0.39 is 15.2 Å². The number of hydrogen-bond acceptors (Lipinski definition) is 7. The smallest absolute Gasteiger partial charge is 0.508 e. The van der Waals surface area contributed by atoms with E-state index in [2.05, 4.69) is 210 Å². The molecule has 0 saturated heterocycles. The summed E-state index contributed by atoms with van der Waals surface area (Å²) < 4.78 is 85.6. The third-order valence-electron chi connectivity index (χ3n) is 21.7. The summed E-state index contributed by atoms with van der Waals surface area (Å²) in [4.78, 5) is 10.1. The molecule has 4 aliphatic heterocycles. The number of fused-ring (bicyclic) bond motifs is 4. The largest absolute Gasteiger partial charge is 1.00 e. The number of carbonyl (C=O) groups is 1. The molecule has 18 rings (SSSR count). The number of aryl methyl sites for hydroxylation is 3. The Morgan fingerprint density at radius 3 is 1.19 bits per heavy atom. The molecular weight excluding hydrogens is 1690 g/mol. The van der Waals surface area contributed by atoms with Gasteiger partial charge in [0.1, 0.15) is 122 Å². The van der Waals surface area contributed by atoms with Crippen LogP contribution in [0.3, 0.4) is 0 Å². The van der Waals surface area contributed by atoms with Gasteiger partial charge < -0.3 is 35.7 Å². The van der Waals surface area contributed by atoms with Crippen LogP contribution in [-0.2, 0) is 57.2 Å². The van der Waals surface area contributed by atoms with Gasteiger partial charge in [0.25, 0.3) is 0 Å². The summed E-state index contributed by atoms with van der Waals surface area (Å²) in [5.74, 6) is 3.78. The number of aromatic hydroxyl groups is 1. The van der Waals surface area contributed by atoms with Crippen LogP contribution >= 0.6 is 39.2 Å². The van der Waals surface area contributed by atoms with Crippen LogP contribution in [0, 0.1) is 37.1 Å². The Labute approximate surface area is 787 Å². The van der Waals surface area contributed by atoms with E-state index in [4.69, 9.17) is 35.3 Å². The Hall–Kier alpha value is -11.0. The minimum atomic E-state index is -2.12. The van der Waals surface area contributed by atoms with Crippen molar-refractivity contribution in [2.75, 3.05) is 0 Å². The molecule has 7 nitrogen and oxygen atoms in total. The van der Waals surface area contributed by atoms with Crippen molar-refractivity contribution in [3.8, 4) is 34.5 Å². The van der Waals surface area contributed by atoms with Gasteiger partial charge in [0.2, 0.25) is 0 Å². The molecule has 662 valence electrons. The molecule has 4 aliphatic rings. The first-order valence-electron chi connectivity index (χ1n) is 43.2. The van der Waals surface area contributed by atoms with Crippen molar-refractivity contribution < 1.29 is 71.4 Å². The molecule has 16 heteroatoms. The van der Waals surface area contributed by atoms with Crippen LogP contribution in [0.1, 0.15) is 154 Å². The number of ether oxygens (including phenoxy) is 5. The summed E-state index contributed by atoms with van der Waals surface area (Å²) in [6.45, 7) is 24.5. The van der Waals surface area contributed by atoms with Gasteiger partial charge in [0, 0.05) is 71.6 Å². The first-order chi connectivity index (χ1) is 61.1. The van der Waals surface area contributed by atoms with Gasteiger partial charge in [-0.1, -0.05) is 256 Å². The molecule has 1 N–H and O–H groups in total. The van der Waals surface area contributed by atoms with Crippen LogP contribution in [0.15, 0.2) is 334 Å². The fourth-order valence-corrected chi connectivity index (χ4v) is 22.6. The number of hydrogen-bond donors (Lipinski definition) is 1. The molecule has 0 spiro atoms. The summed E-state index contributed by atoms with van der Waals surface area (Å²) in [5.41, 5.74) is 11.2. The monoisotopic (exact) mass is 1800 g/mol. The maximum Gasteiger partial charge on any atom is 1.00 e. The predicted molar refractivity (Wildman–Crippen MR) is 531 cm³/mol. The zero-order valence-electron chi connectivity index (χ0n) is 75.6. The third kappa shape index (κ3) is 28.3. The van der Waals surface area contributed by atoms with Crippen molar-refractivity contribution in [2.24, 2.45) is 0 Å². The maximum atomic E-state index is 14.8. The average Bonchev–Trinajstić information content (AvgIpc) is 1.01. The Kier molecular flexibility index (Phi) is 36.5. The van der Waals surface area contributed by atoms with Gasteiger partial charge in [-0.15, -0.1) is 24.0 Å². The van der Waals surface area contributed by atoms with Crippen molar-refractivity contribution in [3.63, 3.8) is 0 Å². The molecule has 0 bridgehead atoms. The number of carbonyl (C=O) groups excluding carboxylic acids is 1. The summed E-state index contributed by atoms with van der Waals surface area (Å²) >= 11 is 5.73. The molecule has 14 aromatic carbocycles. The first kappa shape index (κ1) is 100. The van der Waals surface area contributed by atoms with Gasteiger partial charge in [0.05, 0.1) is 5.88 Å². The van der Waals surface area contributed by atoms with Crippen molar-refractivity contribution in [1.29, 1.82) is 0 Å². The molecule has 0 aliphatic carbocycles. The van der Waals surface area contributed by atoms with E-state index in [1.165, 1.54) is 62.0 Å². The molecule has 129 heavy (non-hydrogen) atoms. The maximum absolute atomic E-state index is 14.8. The molecule has 0 atom stereocenters. The van der Waals surface area contributed by atoms with Crippen LogP contribution in [-0.4, -0.2) is 33.8 Å². The molecule has 0 unspecified atom stereocenters. The second-order valence-corrected chi connectivity index (χ2v) is 40.4. The van der Waals surface area contributed by atoms with Crippen LogP contribution in [0.4, 0.5) is 17.6 Å². The Morgan fingerprint density at radius 2 is 0.783 bits per heavy atom. The number of benzene rings is 14. The molecule has 14 aromatic rings. The van der Waals surface area contributed by atoms with Gasteiger partial charge in [-0.2, -0.15) is 6.42 Å². The van der Waals surface area contributed by atoms with Gasteiger partial charge >= 0.3 is 18.9 Å². The number of unbranched alkanes of at least 4 members (excludes halogenated alkanes) is 1. The number of phenols is 1. The Morgan fingerprint density at radius 1 is 0.434 bits per heavy atom.